The molecule has 0 atom stereocenters. The minimum absolute atomic E-state index is 0. The summed E-state index contributed by atoms with van der Waals surface area (Å²) in [5.41, 5.74) is 7.81. The Morgan fingerprint density at radius 1 is 1.12 bits per heavy atom. The van der Waals surface area contributed by atoms with Crippen LogP contribution in [-0.4, -0.2) is 17.4 Å². The summed E-state index contributed by atoms with van der Waals surface area (Å²) in [6.07, 6.45) is 2.20. The van der Waals surface area contributed by atoms with Gasteiger partial charge in [0.2, 0.25) is 5.91 Å². The van der Waals surface area contributed by atoms with Crippen LogP contribution in [0.1, 0.15) is 30.9 Å². The van der Waals surface area contributed by atoms with Gasteiger partial charge in [-0.05, 0) is 30.2 Å². The van der Waals surface area contributed by atoms with Crippen LogP contribution >= 0.6 is 12.4 Å². The molecule has 0 radical (unpaired) electrons. The van der Waals surface area contributed by atoms with E-state index in [0.717, 1.165) is 18.4 Å². The van der Waals surface area contributed by atoms with Gasteiger partial charge in [0.05, 0.1) is 6.42 Å². The number of amides is 1. The fourth-order valence-electron chi connectivity index (χ4n) is 2.40. The molecule has 2 N–H and O–H groups in total. The number of hydrogen-bond donors (Lipinski definition) is 1. The molecule has 0 aliphatic carbocycles. The van der Waals surface area contributed by atoms with Crippen molar-refractivity contribution in [2.45, 2.75) is 32.7 Å². The van der Waals surface area contributed by atoms with Crippen molar-refractivity contribution in [2.24, 2.45) is 0 Å². The first-order valence-electron chi connectivity index (χ1n) is 7.95. The number of nitrogens with two attached hydrogens (primary N) is 1. The van der Waals surface area contributed by atoms with Crippen molar-refractivity contribution in [3.63, 3.8) is 0 Å². The van der Waals surface area contributed by atoms with Crippen molar-refractivity contribution in [1.29, 1.82) is 0 Å². The normalized spacial score (nSPS) is 10.1. The zero-order chi connectivity index (χ0) is 16.7. The molecule has 2 aromatic carbocycles. The lowest BCUT2D eigenvalue weighted by Crippen LogP contribution is -2.33. The number of nitrogens with zero attached hydrogens (tertiary/aromatic N) is 1. The fraction of sp³-hybridized carbons (Fsp3) is 0.316. The molecule has 0 unspecified atom stereocenters. The van der Waals surface area contributed by atoms with Crippen LogP contribution < -0.4 is 5.73 Å². The molecule has 0 heterocycles. The number of carbonyl (C=O) groups excluding carboxylic acids is 1. The maximum Gasteiger partial charge on any atom is 0.227 e. The van der Waals surface area contributed by atoms with Crippen LogP contribution in [0.4, 0.5) is 10.1 Å². The number of benzene rings is 2. The molecule has 130 valence electrons. The third-order valence-electron chi connectivity index (χ3n) is 3.79. The van der Waals surface area contributed by atoms with Crippen molar-refractivity contribution in [2.75, 3.05) is 12.3 Å². The van der Waals surface area contributed by atoms with Gasteiger partial charge in [0.15, 0.2) is 0 Å². The molecule has 0 aliphatic rings. The number of anilines is 1. The Bertz CT molecular complexity index is 646. The van der Waals surface area contributed by atoms with Gasteiger partial charge < -0.3 is 10.6 Å². The number of halogens is 2. The maximum atomic E-state index is 13.9. The van der Waals surface area contributed by atoms with E-state index in [4.69, 9.17) is 5.73 Å². The molecule has 0 saturated heterocycles. The number of nitrogen functional groups attached to an aromatic ring is 1. The van der Waals surface area contributed by atoms with E-state index in [0.29, 0.717) is 30.8 Å². The van der Waals surface area contributed by atoms with Crippen molar-refractivity contribution in [1.82, 2.24) is 4.90 Å². The van der Waals surface area contributed by atoms with E-state index in [9.17, 15) is 9.18 Å². The van der Waals surface area contributed by atoms with Gasteiger partial charge >= 0.3 is 0 Å². The minimum atomic E-state index is -0.269. The third kappa shape index (κ3) is 5.85. The van der Waals surface area contributed by atoms with Gasteiger partial charge in [-0.25, -0.2) is 4.39 Å². The lowest BCUT2D eigenvalue weighted by Gasteiger charge is -2.23. The van der Waals surface area contributed by atoms with Gasteiger partial charge in [-0.3, -0.25) is 4.79 Å². The number of hydrogen-bond acceptors (Lipinski definition) is 2. The molecule has 0 saturated carbocycles. The zero-order valence-electron chi connectivity index (χ0n) is 13.9. The summed E-state index contributed by atoms with van der Waals surface area (Å²) in [6, 6.07) is 13.9. The quantitative estimate of drug-likeness (QED) is 0.760. The van der Waals surface area contributed by atoms with Gasteiger partial charge in [0.25, 0.3) is 0 Å². The molecule has 0 fully saturated rings. The largest absolute Gasteiger partial charge is 0.399 e. The van der Waals surface area contributed by atoms with E-state index < -0.39 is 0 Å². The van der Waals surface area contributed by atoms with Crippen LogP contribution in [0.25, 0.3) is 0 Å². The average molecular weight is 351 g/mol. The van der Waals surface area contributed by atoms with Crippen molar-refractivity contribution in [3.05, 3.63) is 65.5 Å². The second kappa shape index (κ2) is 9.93. The predicted molar refractivity (Wildman–Crippen MR) is 98.5 cm³/mol. The Kier molecular flexibility index (Phi) is 8.27. The highest BCUT2D eigenvalue weighted by Crippen LogP contribution is 2.13. The van der Waals surface area contributed by atoms with E-state index in [1.165, 1.54) is 6.07 Å². The average Bonchev–Trinajstić information content (AvgIpc) is 2.55. The Morgan fingerprint density at radius 2 is 1.79 bits per heavy atom. The van der Waals surface area contributed by atoms with Crippen molar-refractivity contribution >= 4 is 24.0 Å². The van der Waals surface area contributed by atoms with Crippen LogP contribution in [-0.2, 0) is 17.8 Å². The van der Waals surface area contributed by atoms with Crippen LogP contribution in [0.15, 0.2) is 48.5 Å². The lowest BCUT2D eigenvalue weighted by molar-refractivity contribution is -0.131. The highest BCUT2D eigenvalue weighted by Gasteiger charge is 2.15. The van der Waals surface area contributed by atoms with Crippen LogP contribution in [0, 0.1) is 5.82 Å². The van der Waals surface area contributed by atoms with Gasteiger partial charge in [-0.15, -0.1) is 12.4 Å². The van der Waals surface area contributed by atoms with Gasteiger partial charge in [0.1, 0.15) is 5.82 Å². The molecular formula is C19H24ClFN2O. The van der Waals surface area contributed by atoms with E-state index in [-0.39, 0.29) is 24.1 Å². The monoisotopic (exact) mass is 350 g/mol. The second-order valence-corrected chi connectivity index (χ2v) is 5.68. The summed E-state index contributed by atoms with van der Waals surface area (Å²) in [7, 11) is 0. The number of carbonyl (C=O) groups is 1. The smallest absolute Gasteiger partial charge is 0.227 e. The Labute approximate surface area is 149 Å². The maximum absolute atomic E-state index is 13.9. The van der Waals surface area contributed by atoms with Gasteiger partial charge in [-0.2, -0.15) is 0 Å². The summed E-state index contributed by atoms with van der Waals surface area (Å²) >= 11 is 0. The number of rotatable bonds is 7. The standard InChI is InChI=1S/C19H23FN2O.ClH/c1-2-3-12-22(14-16-6-4-5-7-18(16)20)19(23)13-15-8-10-17(21)11-9-15;/h4-11H,2-3,12-14,21H2,1H3;1H. The van der Waals surface area contributed by atoms with Crippen molar-refractivity contribution in [3.8, 4) is 0 Å². The SMILES string of the molecule is CCCCN(Cc1ccccc1F)C(=O)Cc1ccc(N)cc1.Cl. The lowest BCUT2D eigenvalue weighted by atomic mass is 10.1. The van der Waals surface area contributed by atoms with Gasteiger partial charge in [0, 0.05) is 24.3 Å². The number of unbranched alkanes of at least 4 members (excludes halogenated alkanes) is 1. The van der Waals surface area contributed by atoms with Crippen LogP contribution in [0.2, 0.25) is 0 Å². The molecule has 0 spiro atoms. The summed E-state index contributed by atoms with van der Waals surface area (Å²) < 4.78 is 13.9. The summed E-state index contributed by atoms with van der Waals surface area (Å²) in [4.78, 5) is 14.3. The van der Waals surface area contributed by atoms with E-state index in [2.05, 4.69) is 6.92 Å². The molecule has 0 bridgehead atoms. The van der Waals surface area contributed by atoms with E-state index in [1.807, 2.05) is 12.1 Å². The van der Waals surface area contributed by atoms with Crippen LogP contribution in [0.3, 0.4) is 0 Å². The molecule has 2 rings (SSSR count). The molecule has 0 aliphatic heterocycles. The molecule has 3 nitrogen and oxygen atoms in total. The van der Waals surface area contributed by atoms with Gasteiger partial charge in [-0.1, -0.05) is 43.7 Å². The topological polar surface area (TPSA) is 46.3 Å². The minimum Gasteiger partial charge on any atom is -0.399 e. The summed E-state index contributed by atoms with van der Waals surface area (Å²) in [5.74, 6) is -0.263. The van der Waals surface area contributed by atoms with Crippen LogP contribution in [0.5, 0.6) is 0 Å². The zero-order valence-corrected chi connectivity index (χ0v) is 14.7. The molecule has 0 aromatic heterocycles. The Balaban J connectivity index is 0.00000288. The molecule has 5 heteroatoms. The first kappa shape index (κ1) is 20.0. The molecule has 1 amide bonds. The second-order valence-electron chi connectivity index (χ2n) is 5.68. The van der Waals surface area contributed by atoms with E-state index >= 15 is 0 Å². The highest BCUT2D eigenvalue weighted by atomic mass is 35.5. The molecule has 2 aromatic rings. The highest BCUT2D eigenvalue weighted by molar-refractivity contribution is 5.85. The molecule has 24 heavy (non-hydrogen) atoms. The summed E-state index contributed by atoms with van der Waals surface area (Å²) in [5, 5.41) is 0. The fourth-order valence-corrected chi connectivity index (χ4v) is 2.40. The Morgan fingerprint density at radius 3 is 2.42 bits per heavy atom. The third-order valence-corrected chi connectivity index (χ3v) is 3.79. The summed E-state index contributed by atoms with van der Waals surface area (Å²) in [6.45, 7) is 3.02. The first-order valence-corrected chi connectivity index (χ1v) is 7.95. The predicted octanol–water partition coefficient (Wildman–Crippen LogP) is 4.20. The van der Waals surface area contributed by atoms with Crippen molar-refractivity contribution < 1.29 is 9.18 Å². The first-order chi connectivity index (χ1) is 11.1. The van der Waals surface area contributed by atoms with E-state index in [1.54, 1.807) is 35.2 Å². The Hall–Kier alpha value is -2.07. The molecular weight excluding hydrogens is 327 g/mol.